The third-order valence-electron chi connectivity index (χ3n) is 2.45. The smallest absolute Gasteiger partial charge is 0.149 e. The van der Waals surface area contributed by atoms with Gasteiger partial charge in [-0.2, -0.15) is 0 Å². The van der Waals surface area contributed by atoms with Crippen molar-refractivity contribution in [2.75, 3.05) is 6.61 Å². The fourth-order valence-electron chi connectivity index (χ4n) is 1.40. The van der Waals surface area contributed by atoms with Crippen molar-refractivity contribution in [2.45, 2.75) is 19.8 Å². The highest BCUT2D eigenvalue weighted by Crippen LogP contribution is 2.35. The molecule has 0 aliphatic heterocycles. The van der Waals surface area contributed by atoms with Crippen LogP contribution in [0.25, 0.3) is 5.76 Å². The predicted octanol–water partition coefficient (Wildman–Crippen LogP) is 3.15. The maximum Gasteiger partial charge on any atom is 0.149 e. The summed E-state index contributed by atoms with van der Waals surface area (Å²) in [4.78, 5) is 0. The van der Waals surface area contributed by atoms with Crippen LogP contribution in [0.4, 0.5) is 0 Å². The van der Waals surface area contributed by atoms with Crippen molar-refractivity contribution in [1.29, 1.82) is 0 Å². The Balaban J connectivity index is 2.03. The van der Waals surface area contributed by atoms with Gasteiger partial charge in [-0.25, -0.2) is 0 Å². The SMILES string of the molecule is CC#CCOc1ccc(C(O)=C2CC2)cc1. The minimum Gasteiger partial charge on any atom is -0.507 e. The first-order valence-corrected chi connectivity index (χ1v) is 5.35. The Labute approximate surface area is 95.6 Å². The molecule has 0 heterocycles. The second kappa shape index (κ2) is 4.76. The van der Waals surface area contributed by atoms with Gasteiger partial charge >= 0.3 is 0 Å². The molecule has 0 unspecified atom stereocenters. The standard InChI is InChI=1S/C14H14O2/c1-2-3-10-16-13-8-6-12(7-9-13)14(15)11-4-5-11/h6-9,15H,4-5,10H2,1H3. The summed E-state index contributed by atoms with van der Waals surface area (Å²) in [6.45, 7) is 2.19. The molecule has 0 saturated heterocycles. The van der Waals surface area contributed by atoms with Crippen LogP contribution in [0.15, 0.2) is 29.8 Å². The summed E-state index contributed by atoms with van der Waals surface area (Å²) in [5.74, 6) is 6.81. The van der Waals surface area contributed by atoms with Crippen molar-refractivity contribution < 1.29 is 9.84 Å². The number of aliphatic hydroxyl groups is 1. The maximum absolute atomic E-state index is 9.78. The summed E-state index contributed by atoms with van der Waals surface area (Å²) in [6, 6.07) is 7.45. The normalized spacial score (nSPS) is 12.7. The van der Waals surface area contributed by atoms with E-state index in [2.05, 4.69) is 11.8 Å². The molecule has 1 aromatic carbocycles. The molecule has 82 valence electrons. The Hall–Kier alpha value is -1.88. The molecular weight excluding hydrogens is 200 g/mol. The molecule has 0 bridgehead atoms. The van der Waals surface area contributed by atoms with E-state index >= 15 is 0 Å². The van der Waals surface area contributed by atoms with Crippen molar-refractivity contribution in [1.82, 2.24) is 0 Å². The summed E-state index contributed by atoms with van der Waals surface area (Å²) >= 11 is 0. The zero-order valence-electron chi connectivity index (χ0n) is 9.29. The Morgan fingerprint density at radius 1 is 1.31 bits per heavy atom. The summed E-state index contributed by atoms with van der Waals surface area (Å²) in [6.07, 6.45) is 2.05. The third kappa shape index (κ3) is 2.58. The Morgan fingerprint density at radius 3 is 2.56 bits per heavy atom. The number of ether oxygens (including phenoxy) is 1. The van der Waals surface area contributed by atoms with E-state index in [-0.39, 0.29) is 0 Å². The summed E-state index contributed by atoms with van der Waals surface area (Å²) in [5, 5.41) is 9.78. The quantitative estimate of drug-likeness (QED) is 0.618. The van der Waals surface area contributed by atoms with Gasteiger partial charge in [0, 0.05) is 5.56 Å². The molecule has 16 heavy (non-hydrogen) atoms. The molecule has 1 fully saturated rings. The van der Waals surface area contributed by atoms with Gasteiger partial charge in [0.1, 0.15) is 18.1 Å². The molecule has 0 radical (unpaired) electrons. The van der Waals surface area contributed by atoms with Crippen LogP contribution < -0.4 is 4.74 Å². The van der Waals surface area contributed by atoms with Gasteiger partial charge in [0.15, 0.2) is 0 Å². The number of allylic oxidation sites excluding steroid dienone is 1. The Morgan fingerprint density at radius 2 is 2.00 bits per heavy atom. The first kappa shape index (κ1) is 10.6. The van der Waals surface area contributed by atoms with Gasteiger partial charge in [0.05, 0.1) is 0 Å². The van der Waals surface area contributed by atoms with Crippen LogP contribution in [0, 0.1) is 11.8 Å². The molecule has 0 atom stereocenters. The molecule has 2 heteroatoms. The van der Waals surface area contributed by atoms with Crippen molar-refractivity contribution in [3.8, 4) is 17.6 Å². The van der Waals surface area contributed by atoms with Crippen molar-refractivity contribution in [2.24, 2.45) is 0 Å². The van der Waals surface area contributed by atoms with Gasteiger partial charge in [-0.1, -0.05) is 5.92 Å². The lowest BCUT2D eigenvalue weighted by Crippen LogP contribution is -1.93. The van der Waals surface area contributed by atoms with Crippen LogP contribution in [0.3, 0.4) is 0 Å². The van der Waals surface area contributed by atoms with E-state index in [4.69, 9.17) is 4.74 Å². The topological polar surface area (TPSA) is 29.5 Å². The van der Waals surface area contributed by atoms with Gasteiger partial charge in [-0.15, -0.1) is 5.92 Å². The first-order chi connectivity index (χ1) is 7.81. The highest BCUT2D eigenvalue weighted by atomic mass is 16.5. The van der Waals surface area contributed by atoms with Crippen LogP contribution in [0.1, 0.15) is 25.3 Å². The summed E-state index contributed by atoms with van der Waals surface area (Å²) in [5.41, 5.74) is 2.01. The lowest BCUT2D eigenvalue weighted by molar-refractivity contribution is 0.370. The lowest BCUT2D eigenvalue weighted by atomic mass is 10.1. The van der Waals surface area contributed by atoms with Gasteiger partial charge < -0.3 is 9.84 Å². The van der Waals surface area contributed by atoms with Crippen LogP contribution >= 0.6 is 0 Å². The van der Waals surface area contributed by atoms with Crippen molar-refractivity contribution >= 4 is 5.76 Å². The van der Waals surface area contributed by atoms with E-state index in [1.165, 1.54) is 0 Å². The van der Waals surface area contributed by atoms with Crippen molar-refractivity contribution in [3.05, 3.63) is 35.4 Å². The van der Waals surface area contributed by atoms with E-state index < -0.39 is 0 Å². The van der Waals surface area contributed by atoms with E-state index in [9.17, 15) is 5.11 Å². The van der Waals surface area contributed by atoms with E-state index in [1.54, 1.807) is 6.92 Å². The van der Waals surface area contributed by atoms with E-state index in [1.807, 2.05) is 24.3 Å². The number of rotatable bonds is 3. The molecule has 1 aliphatic carbocycles. The lowest BCUT2D eigenvalue weighted by Gasteiger charge is -2.03. The van der Waals surface area contributed by atoms with Crippen LogP contribution in [0.2, 0.25) is 0 Å². The van der Waals surface area contributed by atoms with Gasteiger partial charge in [-0.05, 0) is 49.6 Å². The number of hydrogen-bond donors (Lipinski definition) is 1. The van der Waals surface area contributed by atoms with Crippen LogP contribution in [0.5, 0.6) is 5.75 Å². The molecule has 2 rings (SSSR count). The zero-order chi connectivity index (χ0) is 11.4. The molecule has 1 aliphatic rings. The minimum atomic E-state index is 0.406. The molecule has 1 N–H and O–H groups in total. The summed E-state index contributed by atoms with van der Waals surface area (Å²) < 4.78 is 5.39. The zero-order valence-corrected chi connectivity index (χ0v) is 9.29. The Bertz CT molecular complexity index is 452. The van der Waals surface area contributed by atoms with Crippen LogP contribution in [-0.2, 0) is 0 Å². The largest absolute Gasteiger partial charge is 0.507 e. The second-order valence-corrected chi connectivity index (χ2v) is 3.69. The fourth-order valence-corrected chi connectivity index (χ4v) is 1.40. The van der Waals surface area contributed by atoms with E-state index in [0.29, 0.717) is 12.4 Å². The van der Waals surface area contributed by atoms with Gasteiger partial charge in [-0.3, -0.25) is 0 Å². The molecule has 0 spiro atoms. The third-order valence-corrected chi connectivity index (χ3v) is 2.45. The highest BCUT2D eigenvalue weighted by Gasteiger charge is 2.18. The predicted molar refractivity (Wildman–Crippen MR) is 64.2 cm³/mol. The van der Waals surface area contributed by atoms with E-state index in [0.717, 1.165) is 29.7 Å². The van der Waals surface area contributed by atoms with Crippen molar-refractivity contribution in [3.63, 3.8) is 0 Å². The van der Waals surface area contributed by atoms with Gasteiger partial charge in [0.2, 0.25) is 0 Å². The average molecular weight is 214 g/mol. The molecule has 0 amide bonds. The molecule has 1 aromatic rings. The summed E-state index contributed by atoms with van der Waals surface area (Å²) in [7, 11) is 0. The molecule has 1 saturated carbocycles. The minimum absolute atomic E-state index is 0.406. The monoisotopic (exact) mass is 214 g/mol. The highest BCUT2D eigenvalue weighted by molar-refractivity contribution is 5.65. The number of benzene rings is 1. The Kier molecular flexibility index (Phi) is 3.16. The van der Waals surface area contributed by atoms with Gasteiger partial charge in [0.25, 0.3) is 0 Å². The fraction of sp³-hybridized carbons (Fsp3) is 0.286. The molecule has 2 nitrogen and oxygen atoms in total. The maximum atomic E-state index is 9.78. The number of aliphatic hydroxyl groups excluding tert-OH is 1. The average Bonchev–Trinajstić information content (AvgIpc) is 3.13. The second-order valence-electron chi connectivity index (χ2n) is 3.69. The van der Waals surface area contributed by atoms with Crippen LogP contribution in [-0.4, -0.2) is 11.7 Å². The molecular formula is C14H14O2. The molecule has 0 aromatic heterocycles. The first-order valence-electron chi connectivity index (χ1n) is 5.35. The number of hydrogen-bond acceptors (Lipinski definition) is 2.